The molecule has 0 unspecified atom stereocenters. The molecule has 0 fully saturated rings. The van der Waals surface area contributed by atoms with Gasteiger partial charge >= 0.3 is 0 Å². The summed E-state index contributed by atoms with van der Waals surface area (Å²) < 4.78 is 0.998. The molecule has 0 radical (unpaired) electrons. The summed E-state index contributed by atoms with van der Waals surface area (Å²) in [7, 11) is 0. The molecule has 1 heterocycles. The van der Waals surface area contributed by atoms with Crippen molar-refractivity contribution in [3.05, 3.63) is 38.6 Å². The molecule has 84 valence electrons. The summed E-state index contributed by atoms with van der Waals surface area (Å²) >= 11 is 8.51. The Balaban J connectivity index is 2.85. The van der Waals surface area contributed by atoms with Gasteiger partial charge in [0.25, 0.3) is 0 Å². The molecule has 16 heavy (non-hydrogen) atoms. The lowest BCUT2D eigenvalue weighted by atomic mass is 9.85. The number of benzene rings is 1. The van der Waals surface area contributed by atoms with Crippen LogP contribution < -0.4 is 0 Å². The van der Waals surface area contributed by atoms with Gasteiger partial charge in [-0.2, -0.15) is 0 Å². The van der Waals surface area contributed by atoms with Crippen molar-refractivity contribution >= 4 is 45.1 Å². The predicted molar refractivity (Wildman–Crippen MR) is 78.2 cm³/mol. The van der Waals surface area contributed by atoms with Gasteiger partial charge in [-0.1, -0.05) is 50.6 Å². The van der Waals surface area contributed by atoms with Crippen LogP contribution in [0.1, 0.15) is 26.3 Å². The third kappa shape index (κ3) is 2.05. The molecule has 1 aromatic heterocycles. The molecule has 1 nitrogen and oxygen atoms in total. The number of rotatable bonds is 0. The molecule has 0 saturated carbocycles. The van der Waals surface area contributed by atoms with E-state index in [2.05, 4.69) is 54.4 Å². The first-order valence-corrected chi connectivity index (χ1v) is 6.60. The molecular weight excluding hydrogens is 333 g/mol. The number of para-hydroxylation sites is 1. The lowest BCUT2D eigenvalue weighted by Gasteiger charge is -2.20. The number of nitrogens with zero attached hydrogens (tertiary/aromatic N) is 1. The summed E-state index contributed by atoms with van der Waals surface area (Å²) in [6.07, 6.45) is 1.83. The van der Waals surface area contributed by atoms with E-state index in [4.69, 9.17) is 11.6 Å². The molecule has 2 aromatic rings. The van der Waals surface area contributed by atoms with Crippen LogP contribution in [0.15, 0.2) is 24.4 Å². The minimum absolute atomic E-state index is 0.0859. The average molecular weight is 346 g/mol. The van der Waals surface area contributed by atoms with Gasteiger partial charge in [-0.05, 0) is 33.6 Å². The molecule has 0 saturated heterocycles. The molecule has 0 atom stereocenters. The van der Waals surface area contributed by atoms with Crippen LogP contribution in [0.2, 0.25) is 5.02 Å². The molecule has 0 aliphatic heterocycles. The van der Waals surface area contributed by atoms with Crippen molar-refractivity contribution in [1.82, 2.24) is 4.98 Å². The zero-order valence-corrected chi connectivity index (χ0v) is 12.4. The summed E-state index contributed by atoms with van der Waals surface area (Å²) in [4.78, 5) is 4.52. The minimum atomic E-state index is 0.0859. The number of hydrogen-bond donors (Lipinski definition) is 0. The largest absolute Gasteiger partial charge is 0.255 e. The van der Waals surface area contributed by atoms with Crippen molar-refractivity contribution in [1.29, 1.82) is 0 Å². The fraction of sp³-hybridized carbons (Fsp3) is 0.308. The Bertz CT molecular complexity index is 543. The maximum absolute atomic E-state index is 6.30. The van der Waals surface area contributed by atoms with Crippen molar-refractivity contribution in [2.75, 3.05) is 0 Å². The van der Waals surface area contributed by atoms with Crippen molar-refractivity contribution in [3.63, 3.8) is 0 Å². The van der Waals surface area contributed by atoms with Crippen LogP contribution in [0.25, 0.3) is 10.9 Å². The van der Waals surface area contributed by atoms with Crippen molar-refractivity contribution < 1.29 is 0 Å². The van der Waals surface area contributed by atoms with Crippen molar-refractivity contribution in [2.45, 2.75) is 26.2 Å². The van der Waals surface area contributed by atoms with E-state index in [9.17, 15) is 0 Å². The second kappa shape index (κ2) is 4.15. The number of hydrogen-bond acceptors (Lipinski definition) is 1. The predicted octanol–water partition coefficient (Wildman–Crippen LogP) is 4.79. The van der Waals surface area contributed by atoms with Gasteiger partial charge in [0.05, 0.1) is 14.1 Å². The van der Waals surface area contributed by atoms with Crippen LogP contribution in [0.3, 0.4) is 0 Å². The Hall–Kier alpha value is -0.350. The van der Waals surface area contributed by atoms with E-state index >= 15 is 0 Å². The summed E-state index contributed by atoms with van der Waals surface area (Å²) in [6, 6.07) is 6.20. The van der Waals surface area contributed by atoms with E-state index in [-0.39, 0.29) is 5.41 Å². The topological polar surface area (TPSA) is 12.9 Å². The monoisotopic (exact) mass is 345 g/mol. The standard InChI is InChI=1S/C13H13ClIN/c1-13(2,3)9-6-4-5-8-11(14)10(15)7-16-12(8)9/h4-7H,1-3H3. The maximum atomic E-state index is 6.30. The number of aromatic nitrogens is 1. The lowest BCUT2D eigenvalue weighted by Crippen LogP contribution is -2.12. The van der Waals surface area contributed by atoms with E-state index in [0.29, 0.717) is 0 Å². The smallest absolute Gasteiger partial charge is 0.0755 e. The summed E-state index contributed by atoms with van der Waals surface area (Å²) in [5.41, 5.74) is 2.34. The second-order valence-electron chi connectivity index (χ2n) is 4.87. The molecule has 0 N–H and O–H groups in total. The molecule has 2 rings (SSSR count). The van der Waals surface area contributed by atoms with Crippen LogP contribution in [0.4, 0.5) is 0 Å². The van der Waals surface area contributed by atoms with Crippen LogP contribution in [0, 0.1) is 3.57 Å². The number of fused-ring (bicyclic) bond motifs is 1. The maximum Gasteiger partial charge on any atom is 0.0755 e. The molecule has 0 aliphatic rings. The minimum Gasteiger partial charge on any atom is -0.255 e. The SMILES string of the molecule is CC(C)(C)c1cccc2c(Cl)c(I)cnc12. The van der Waals surface area contributed by atoms with Gasteiger partial charge < -0.3 is 0 Å². The average Bonchev–Trinajstić information content (AvgIpc) is 2.21. The highest BCUT2D eigenvalue weighted by atomic mass is 127. The molecule has 1 aromatic carbocycles. The molecule has 0 amide bonds. The first-order valence-electron chi connectivity index (χ1n) is 5.14. The molecule has 0 spiro atoms. The van der Waals surface area contributed by atoms with Gasteiger partial charge in [0.1, 0.15) is 0 Å². The van der Waals surface area contributed by atoms with Crippen molar-refractivity contribution in [2.24, 2.45) is 0 Å². The quantitative estimate of drug-likeness (QED) is 0.626. The van der Waals surface area contributed by atoms with Gasteiger partial charge in [-0.3, -0.25) is 4.98 Å². The van der Waals surface area contributed by atoms with Crippen LogP contribution in [0.5, 0.6) is 0 Å². The van der Waals surface area contributed by atoms with Gasteiger partial charge in [-0.25, -0.2) is 0 Å². The first kappa shape index (κ1) is 12.1. The molecule has 0 bridgehead atoms. The Kier molecular flexibility index (Phi) is 3.14. The Labute approximate surface area is 114 Å². The van der Waals surface area contributed by atoms with E-state index in [1.54, 1.807) is 0 Å². The van der Waals surface area contributed by atoms with Crippen molar-refractivity contribution in [3.8, 4) is 0 Å². The molecular formula is C13H13ClIN. The Morgan fingerprint density at radius 3 is 2.56 bits per heavy atom. The summed E-state index contributed by atoms with van der Waals surface area (Å²) in [5.74, 6) is 0. The van der Waals surface area contributed by atoms with Gasteiger partial charge in [0.2, 0.25) is 0 Å². The van der Waals surface area contributed by atoms with Crippen LogP contribution in [-0.4, -0.2) is 4.98 Å². The third-order valence-electron chi connectivity index (χ3n) is 2.60. The Morgan fingerprint density at radius 1 is 1.25 bits per heavy atom. The fourth-order valence-electron chi connectivity index (χ4n) is 1.77. The Morgan fingerprint density at radius 2 is 1.94 bits per heavy atom. The van der Waals surface area contributed by atoms with Gasteiger partial charge in [0.15, 0.2) is 0 Å². The summed E-state index contributed by atoms with van der Waals surface area (Å²) in [5, 5.41) is 1.85. The number of halogens is 2. The zero-order valence-electron chi connectivity index (χ0n) is 9.51. The van der Waals surface area contributed by atoms with E-state index in [1.807, 2.05) is 18.3 Å². The first-order chi connectivity index (χ1) is 7.41. The highest BCUT2D eigenvalue weighted by molar-refractivity contribution is 14.1. The van der Waals surface area contributed by atoms with E-state index < -0.39 is 0 Å². The second-order valence-corrected chi connectivity index (χ2v) is 6.41. The van der Waals surface area contributed by atoms with E-state index in [1.165, 1.54) is 5.56 Å². The highest BCUT2D eigenvalue weighted by Crippen LogP contribution is 2.33. The summed E-state index contributed by atoms with van der Waals surface area (Å²) in [6.45, 7) is 6.57. The van der Waals surface area contributed by atoms with Gasteiger partial charge in [-0.15, -0.1) is 0 Å². The van der Waals surface area contributed by atoms with Gasteiger partial charge in [0, 0.05) is 11.6 Å². The molecule has 3 heteroatoms. The lowest BCUT2D eigenvalue weighted by molar-refractivity contribution is 0.594. The third-order valence-corrected chi connectivity index (χ3v) is 4.14. The van der Waals surface area contributed by atoms with Crippen LogP contribution >= 0.6 is 34.2 Å². The zero-order chi connectivity index (χ0) is 11.9. The highest BCUT2D eigenvalue weighted by Gasteiger charge is 2.18. The number of pyridine rings is 1. The molecule has 0 aliphatic carbocycles. The normalized spacial score (nSPS) is 12.1. The van der Waals surface area contributed by atoms with Crippen LogP contribution in [-0.2, 0) is 5.41 Å². The fourth-order valence-corrected chi connectivity index (χ4v) is 2.40. The van der Waals surface area contributed by atoms with E-state index in [0.717, 1.165) is 19.5 Å².